The zero-order valence-electron chi connectivity index (χ0n) is 5.87. The fraction of sp³-hybridized carbons (Fsp3) is 0.500. The summed E-state index contributed by atoms with van der Waals surface area (Å²) in [7, 11) is 0. The van der Waals surface area contributed by atoms with Crippen LogP contribution in [0.2, 0.25) is 0 Å². The Bertz CT molecular complexity index is 222. The van der Waals surface area contributed by atoms with Crippen molar-refractivity contribution in [1.82, 2.24) is 25.9 Å². The molecule has 1 aromatic heterocycles. The van der Waals surface area contributed by atoms with Crippen LogP contribution < -0.4 is 5.32 Å². The average molecular weight is 173 g/mol. The summed E-state index contributed by atoms with van der Waals surface area (Å²) in [6.07, 6.45) is 1.70. The van der Waals surface area contributed by atoms with Gasteiger partial charge in [-0.1, -0.05) is 17.0 Å². The van der Waals surface area contributed by atoms with E-state index in [9.17, 15) is 4.79 Å². The lowest BCUT2D eigenvalue weighted by molar-refractivity contribution is 0.260. The van der Waals surface area contributed by atoms with E-state index < -0.39 is 0 Å². The van der Waals surface area contributed by atoms with Crippen molar-refractivity contribution in [2.45, 2.75) is 6.54 Å². The molecule has 2 N–H and O–H groups in total. The monoisotopic (exact) mass is 173 g/mol. The van der Waals surface area contributed by atoms with Gasteiger partial charge in [-0.15, -0.1) is 10.2 Å². The third-order valence-corrected chi connectivity index (χ3v) is 1.48. The van der Waals surface area contributed by atoms with Crippen molar-refractivity contribution in [2.75, 3.05) is 6.26 Å². The van der Waals surface area contributed by atoms with E-state index >= 15 is 0 Å². The highest BCUT2D eigenvalue weighted by molar-refractivity contribution is 8.12. The number of aromatic amines is 1. The van der Waals surface area contributed by atoms with E-state index in [2.05, 4.69) is 25.9 Å². The molecule has 0 saturated heterocycles. The second-order valence-electron chi connectivity index (χ2n) is 1.67. The van der Waals surface area contributed by atoms with Crippen molar-refractivity contribution in [3.63, 3.8) is 0 Å². The molecule has 0 aromatic carbocycles. The van der Waals surface area contributed by atoms with Crippen molar-refractivity contribution < 1.29 is 4.79 Å². The van der Waals surface area contributed by atoms with Crippen LogP contribution in [0.15, 0.2) is 0 Å². The summed E-state index contributed by atoms with van der Waals surface area (Å²) in [5.74, 6) is 0.479. The Morgan fingerprint density at radius 2 is 2.64 bits per heavy atom. The molecule has 1 aromatic rings. The standard InChI is InChI=1S/C4H7N5OS/c1-11-4(10)5-2-3-6-8-9-7-3/h2H2,1H3,(H,5,10)(H,6,7,8,9). The quantitative estimate of drug-likeness (QED) is 0.645. The summed E-state index contributed by atoms with van der Waals surface area (Å²) >= 11 is 1.11. The van der Waals surface area contributed by atoms with Gasteiger partial charge in [-0.25, -0.2) is 0 Å². The van der Waals surface area contributed by atoms with Crippen LogP contribution in [0.5, 0.6) is 0 Å². The molecular weight excluding hydrogens is 166 g/mol. The largest absolute Gasteiger partial charge is 0.340 e. The molecule has 6 nitrogen and oxygen atoms in total. The topological polar surface area (TPSA) is 83.6 Å². The highest BCUT2D eigenvalue weighted by Crippen LogP contribution is 1.93. The van der Waals surface area contributed by atoms with Gasteiger partial charge in [-0.3, -0.25) is 4.79 Å². The Balaban J connectivity index is 2.29. The number of hydrogen-bond donors (Lipinski definition) is 2. The van der Waals surface area contributed by atoms with E-state index in [-0.39, 0.29) is 5.24 Å². The summed E-state index contributed by atoms with van der Waals surface area (Å²) in [4.78, 5) is 10.7. The number of nitrogens with zero attached hydrogens (tertiary/aromatic N) is 3. The lowest BCUT2D eigenvalue weighted by atomic mass is 10.6. The van der Waals surface area contributed by atoms with Crippen molar-refractivity contribution in [3.8, 4) is 0 Å². The predicted molar refractivity (Wildman–Crippen MR) is 39.9 cm³/mol. The van der Waals surface area contributed by atoms with Gasteiger partial charge in [-0.05, 0) is 6.26 Å². The van der Waals surface area contributed by atoms with Gasteiger partial charge in [0.1, 0.15) is 0 Å². The van der Waals surface area contributed by atoms with Gasteiger partial charge in [0.25, 0.3) is 5.24 Å². The van der Waals surface area contributed by atoms with Crippen LogP contribution in [0.3, 0.4) is 0 Å². The van der Waals surface area contributed by atoms with Crippen molar-refractivity contribution >= 4 is 17.0 Å². The van der Waals surface area contributed by atoms with Crippen molar-refractivity contribution in [1.29, 1.82) is 0 Å². The van der Waals surface area contributed by atoms with Crippen LogP contribution in [-0.2, 0) is 6.54 Å². The highest BCUT2D eigenvalue weighted by atomic mass is 32.2. The second-order valence-corrected chi connectivity index (χ2v) is 2.45. The maximum Gasteiger partial charge on any atom is 0.279 e. The Morgan fingerprint density at radius 1 is 1.82 bits per heavy atom. The van der Waals surface area contributed by atoms with Gasteiger partial charge in [0.15, 0.2) is 5.82 Å². The molecule has 0 bridgehead atoms. The maximum atomic E-state index is 10.7. The molecular formula is C4H7N5OS. The summed E-state index contributed by atoms with van der Waals surface area (Å²) in [5.41, 5.74) is 0. The molecule has 0 radical (unpaired) electrons. The number of carbonyl (C=O) groups is 1. The molecule has 60 valence electrons. The number of nitrogens with one attached hydrogen (secondary N) is 2. The first kappa shape index (κ1) is 7.99. The molecule has 1 heterocycles. The summed E-state index contributed by atoms with van der Waals surface area (Å²) in [5, 5.41) is 15.4. The lowest BCUT2D eigenvalue weighted by Gasteiger charge is -1.95. The Kier molecular flexibility index (Phi) is 2.84. The molecule has 1 amide bonds. The lowest BCUT2D eigenvalue weighted by Crippen LogP contribution is -2.18. The van der Waals surface area contributed by atoms with Crippen LogP contribution in [0.4, 0.5) is 4.79 Å². The molecule has 0 aliphatic carbocycles. The highest BCUT2D eigenvalue weighted by Gasteiger charge is 2.00. The third-order valence-electron chi connectivity index (χ3n) is 0.965. The van der Waals surface area contributed by atoms with E-state index in [0.29, 0.717) is 12.4 Å². The first-order valence-electron chi connectivity index (χ1n) is 2.87. The van der Waals surface area contributed by atoms with E-state index in [1.807, 2.05) is 0 Å². The molecule has 0 spiro atoms. The number of hydrogen-bond acceptors (Lipinski definition) is 5. The van der Waals surface area contributed by atoms with Gasteiger partial charge >= 0.3 is 0 Å². The minimum Gasteiger partial charge on any atom is -0.340 e. The number of carbonyl (C=O) groups excluding carboxylic acids is 1. The number of tetrazole rings is 1. The Morgan fingerprint density at radius 3 is 3.18 bits per heavy atom. The number of H-pyrrole nitrogens is 1. The fourth-order valence-corrected chi connectivity index (χ4v) is 0.697. The molecule has 0 aliphatic heterocycles. The van der Waals surface area contributed by atoms with Crippen molar-refractivity contribution in [2.24, 2.45) is 0 Å². The first-order chi connectivity index (χ1) is 5.33. The van der Waals surface area contributed by atoms with Crippen LogP contribution in [0.1, 0.15) is 5.82 Å². The van der Waals surface area contributed by atoms with Crippen LogP contribution >= 0.6 is 11.8 Å². The van der Waals surface area contributed by atoms with E-state index in [4.69, 9.17) is 0 Å². The van der Waals surface area contributed by atoms with E-state index in [1.54, 1.807) is 6.26 Å². The molecule has 1 rings (SSSR count). The normalized spacial score (nSPS) is 9.55. The van der Waals surface area contributed by atoms with Gasteiger partial charge in [0.2, 0.25) is 0 Å². The van der Waals surface area contributed by atoms with Gasteiger partial charge in [0, 0.05) is 0 Å². The smallest absolute Gasteiger partial charge is 0.279 e. The first-order valence-corrected chi connectivity index (χ1v) is 4.09. The van der Waals surface area contributed by atoms with E-state index in [1.165, 1.54) is 0 Å². The molecule has 0 unspecified atom stereocenters. The van der Waals surface area contributed by atoms with Crippen molar-refractivity contribution in [3.05, 3.63) is 5.82 Å². The number of rotatable bonds is 2. The zero-order valence-corrected chi connectivity index (χ0v) is 6.68. The molecule has 0 fully saturated rings. The molecule has 11 heavy (non-hydrogen) atoms. The molecule has 0 aliphatic rings. The molecule has 0 saturated carbocycles. The average Bonchev–Trinajstić information content (AvgIpc) is 2.52. The predicted octanol–water partition coefficient (Wildman–Crippen LogP) is -0.228. The van der Waals surface area contributed by atoms with Crippen LogP contribution in [-0.4, -0.2) is 32.1 Å². The summed E-state index contributed by atoms with van der Waals surface area (Å²) in [6.45, 7) is 0.316. The minimum atomic E-state index is -0.102. The van der Waals surface area contributed by atoms with E-state index in [0.717, 1.165) is 11.8 Å². The fourth-order valence-electron chi connectivity index (χ4n) is 0.481. The minimum absolute atomic E-state index is 0.102. The van der Waals surface area contributed by atoms with Gasteiger partial charge in [-0.2, -0.15) is 5.21 Å². The Labute approximate surface area is 67.1 Å². The number of amides is 1. The van der Waals surface area contributed by atoms with Crippen LogP contribution in [0, 0.1) is 0 Å². The number of aromatic nitrogens is 4. The van der Waals surface area contributed by atoms with Crippen LogP contribution in [0.25, 0.3) is 0 Å². The maximum absolute atomic E-state index is 10.7. The Hall–Kier alpha value is -1.11. The summed E-state index contributed by atoms with van der Waals surface area (Å²) in [6, 6.07) is 0. The van der Waals surface area contributed by atoms with Gasteiger partial charge < -0.3 is 5.32 Å². The van der Waals surface area contributed by atoms with Gasteiger partial charge in [0.05, 0.1) is 6.54 Å². The zero-order chi connectivity index (χ0) is 8.10. The third kappa shape index (κ3) is 2.54. The summed E-state index contributed by atoms with van der Waals surface area (Å²) < 4.78 is 0. The number of thioether (sulfide) groups is 1. The second kappa shape index (κ2) is 3.91. The SMILES string of the molecule is CSC(=O)NCc1nn[nH]n1. The molecule has 0 atom stereocenters. The molecule has 7 heteroatoms.